The standard InChI is InChI=1S/C18H17N2O4/c1-19-11-5-4-9-15(19)24-16(21)10-6-12-20-17(22)13-7-2-3-8-14(13)18(20)23/h2-5,7-9,11H,6,10,12H2,1H3/q+1. The van der Waals surface area contributed by atoms with Gasteiger partial charge in [0, 0.05) is 19.0 Å². The topological polar surface area (TPSA) is 67.6 Å². The smallest absolute Gasteiger partial charge is 0.371 e. The fourth-order valence-corrected chi connectivity index (χ4v) is 2.61. The van der Waals surface area contributed by atoms with Gasteiger partial charge in [-0.1, -0.05) is 12.1 Å². The lowest BCUT2D eigenvalue weighted by molar-refractivity contribution is -0.675. The molecule has 0 N–H and O–H groups in total. The van der Waals surface area contributed by atoms with Gasteiger partial charge in [-0.2, -0.15) is 4.57 Å². The Kier molecular flexibility index (Phi) is 4.37. The van der Waals surface area contributed by atoms with Crippen LogP contribution in [0.4, 0.5) is 0 Å². The highest BCUT2D eigenvalue weighted by atomic mass is 16.5. The van der Waals surface area contributed by atoms with Crippen molar-refractivity contribution in [2.75, 3.05) is 6.54 Å². The first-order valence-electron chi connectivity index (χ1n) is 7.68. The third kappa shape index (κ3) is 3.03. The van der Waals surface area contributed by atoms with Crippen LogP contribution in [0.1, 0.15) is 33.6 Å². The Morgan fingerprint density at radius 3 is 2.29 bits per heavy atom. The lowest BCUT2D eigenvalue weighted by Crippen LogP contribution is -2.32. The number of carbonyl (C=O) groups excluding carboxylic acids is 3. The van der Waals surface area contributed by atoms with Crippen molar-refractivity contribution in [1.82, 2.24) is 4.90 Å². The molecule has 1 aliphatic rings. The van der Waals surface area contributed by atoms with E-state index in [9.17, 15) is 14.4 Å². The first-order valence-corrected chi connectivity index (χ1v) is 7.68. The molecule has 1 aromatic heterocycles. The normalized spacial score (nSPS) is 13.1. The number of hydrogen-bond donors (Lipinski definition) is 0. The van der Waals surface area contributed by atoms with Crippen molar-refractivity contribution >= 4 is 17.8 Å². The zero-order chi connectivity index (χ0) is 17.1. The molecule has 0 atom stereocenters. The van der Waals surface area contributed by atoms with Gasteiger partial charge in [0.1, 0.15) is 7.05 Å². The van der Waals surface area contributed by atoms with Crippen molar-refractivity contribution in [2.45, 2.75) is 12.8 Å². The molecular weight excluding hydrogens is 308 g/mol. The van der Waals surface area contributed by atoms with Crippen molar-refractivity contribution in [3.8, 4) is 5.88 Å². The third-order valence-electron chi connectivity index (χ3n) is 3.87. The van der Waals surface area contributed by atoms with Crippen molar-refractivity contribution < 1.29 is 23.7 Å². The number of esters is 1. The summed E-state index contributed by atoms with van der Waals surface area (Å²) in [5.41, 5.74) is 0.836. The number of hydrogen-bond acceptors (Lipinski definition) is 4. The number of imide groups is 1. The molecule has 0 saturated heterocycles. The largest absolute Gasteiger partial charge is 0.375 e. The van der Waals surface area contributed by atoms with Gasteiger partial charge in [0.15, 0.2) is 6.20 Å². The Bertz CT molecular complexity index is 781. The zero-order valence-corrected chi connectivity index (χ0v) is 13.3. The average molecular weight is 325 g/mol. The molecule has 1 aromatic carbocycles. The Labute approximate surface area is 139 Å². The molecule has 0 radical (unpaired) electrons. The van der Waals surface area contributed by atoms with Crippen LogP contribution in [0.2, 0.25) is 0 Å². The van der Waals surface area contributed by atoms with Gasteiger partial charge in [0.25, 0.3) is 11.8 Å². The van der Waals surface area contributed by atoms with Gasteiger partial charge >= 0.3 is 11.8 Å². The lowest BCUT2D eigenvalue weighted by Gasteiger charge is -2.12. The van der Waals surface area contributed by atoms with Gasteiger partial charge in [-0.15, -0.1) is 0 Å². The fraction of sp³-hybridized carbons (Fsp3) is 0.222. The van der Waals surface area contributed by atoms with Crippen LogP contribution in [0.15, 0.2) is 48.7 Å². The molecule has 2 amide bonds. The molecule has 1 aliphatic heterocycles. The lowest BCUT2D eigenvalue weighted by atomic mass is 10.1. The summed E-state index contributed by atoms with van der Waals surface area (Å²) in [5.74, 6) is -0.562. The zero-order valence-electron chi connectivity index (χ0n) is 13.3. The Morgan fingerprint density at radius 1 is 1.04 bits per heavy atom. The predicted molar refractivity (Wildman–Crippen MR) is 84.3 cm³/mol. The van der Waals surface area contributed by atoms with Crippen LogP contribution in [0, 0.1) is 0 Å². The summed E-state index contributed by atoms with van der Waals surface area (Å²) >= 11 is 0. The van der Waals surface area contributed by atoms with E-state index >= 15 is 0 Å². The second-order valence-electron chi connectivity index (χ2n) is 5.53. The fourth-order valence-electron chi connectivity index (χ4n) is 2.61. The van der Waals surface area contributed by atoms with E-state index in [1.807, 2.05) is 6.07 Å². The molecule has 0 unspecified atom stereocenters. The maximum atomic E-state index is 12.2. The number of amides is 2. The number of ether oxygens (including phenoxy) is 1. The summed E-state index contributed by atoms with van der Waals surface area (Å²) < 4.78 is 6.96. The van der Waals surface area contributed by atoms with Crippen LogP contribution in [-0.2, 0) is 11.8 Å². The van der Waals surface area contributed by atoms with E-state index in [0.717, 1.165) is 0 Å². The monoisotopic (exact) mass is 325 g/mol. The highest BCUT2D eigenvalue weighted by molar-refractivity contribution is 6.21. The van der Waals surface area contributed by atoms with Crippen molar-refractivity contribution in [3.63, 3.8) is 0 Å². The second-order valence-corrected chi connectivity index (χ2v) is 5.53. The van der Waals surface area contributed by atoms with E-state index in [-0.39, 0.29) is 24.8 Å². The Morgan fingerprint density at radius 2 is 1.67 bits per heavy atom. The van der Waals surface area contributed by atoms with Gasteiger partial charge in [0.2, 0.25) is 0 Å². The van der Waals surface area contributed by atoms with Gasteiger partial charge in [-0.05, 0) is 24.6 Å². The predicted octanol–water partition coefficient (Wildman–Crippen LogP) is 1.49. The van der Waals surface area contributed by atoms with Crippen LogP contribution < -0.4 is 9.30 Å². The van der Waals surface area contributed by atoms with Crippen LogP contribution in [0.25, 0.3) is 0 Å². The summed E-state index contributed by atoms with van der Waals surface area (Å²) in [6, 6.07) is 12.0. The summed E-state index contributed by atoms with van der Waals surface area (Å²) in [6.07, 6.45) is 2.27. The summed E-state index contributed by atoms with van der Waals surface area (Å²) in [6.45, 7) is 0.197. The molecule has 6 nitrogen and oxygen atoms in total. The first kappa shape index (κ1) is 15.9. The second kappa shape index (κ2) is 6.62. The maximum Gasteiger partial charge on any atom is 0.375 e. The van der Waals surface area contributed by atoms with E-state index in [1.54, 1.807) is 54.2 Å². The first-order chi connectivity index (χ1) is 11.6. The quantitative estimate of drug-likeness (QED) is 0.474. The molecule has 3 rings (SSSR count). The number of aromatic nitrogens is 1. The molecule has 0 fully saturated rings. The average Bonchev–Trinajstić information content (AvgIpc) is 2.82. The van der Waals surface area contributed by atoms with Crippen molar-refractivity contribution in [3.05, 3.63) is 59.8 Å². The van der Waals surface area contributed by atoms with E-state index in [0.29, 0.717) is 23.4 Å². The third-order valence-corrected chi connectivity index (χ3v) is 3.87. The van der Waals surface area contributed by atoms with E-state index in [4.69, 9.17) is 4.74 Å². The van der Waals surface area contributed by atoms with Gasteiger partial charge in [0.05, 0.1) is 17.2 Å². The summed E-state index contributed by atoms with van der Waals surface area (Å²) in [4.78, 5) is 37.5. The van der Waals surface area contributed by atoms with E-state index < -0.39 is 5.97 Å². The minimum absolute atomic E-state index is 0.127. The summed E-state index contributed by atoms with van der Waals surface area (Å²) in [5, 5.41) is 0. The number of pyridine rings is 1. The van der Waals surface area contributed by atoms with Gasteiger partial charge in [-0.3, -0.25) is 19.3 Å². The minimum atomic E-state index is -0.395. The maximum absolute atomic E-state index is 12.2. The van der Waals surface area contributed by atoms with Gasteiger partial charge < -0.3 is 4.74 Å². The minimum Gasteiger partial charge on any atom is -0.371 e. The number of carbonyl (C=O) groups is 3. The number of aryl methyl sites for hydroxylation is 1. The van der Waals surface area contributed by atoms with Gasteiger partial charge in [-0.25, -0.2) is 0 Å². The summed E-state index contributed by atoms with van der Waals surface area (Å²) in [7, 11) is 1.78. The molecule has 2 heterocycles. The Hall–Kier alpha value is -3.02. The number of rotatable bonds is 5. The number of benzene rings is 1. The molecule has 2 aromatic rings. The molecule has 0 aliphatic carbocycles. The van der Waals surface area contributed by atoms with Crippen LogP contribution >= 0.6 is 0 Å². The number of fused-ring (bicyclic) bond motifs is 1. The Balaban J connectivity index is 1.54. The number of nitrogens with zero attached hydrogens (tertiary/aromatic N) is 2. The molecule has 0 bridgehead atoms. The van der Waals surface area contributed by atoms with Crippen LogP contribution in [0.5, 0.6) is 5.88 Å². The molecule has 6 heteroatoms. The van der Waals surface area contributed by atoms with Crippen molar-refractivity contribution in [1.29, 1.82) is 0 Å². The molecular formula is C18H17N2O4+. The molecule has 0 spiro atoms. The van der Waals surface area contributed by atoms with Crippen LogP contribution in [-0.4, -0.2) is 29.2 Å². The molecule has 122 valence electrons. The van der Waals surface area contributed by atoms with Crippen molar-refractivity contribution in [2.24, 2.45) is 7.05 Å². The highest BCUT2D eigenvalue weighted by Gasteiger charge is 2.34. The SMILES string of the molecule is C[n+]1ccccc1OC(=O)CCCN1C(=O)c2ccccc2C1=O. The van der Waals surface area contributed by atoms with E-state index in [1.165, 1.54) is 4.90 Å². The molecule has 0 saturated carbocycles. The molecule has 24 heavy (non-hydrogen) atoms. The highest BCUT2D eigenvalue weighted by Crippen LogP contribution is 2.22. The van der Waals surface area contributed by atoms with Crippen LogP contribution in [0.3, 0.4) is 0 Å². The van der Waals surface area contributed by atoms with E-state index in [2.05, 4.69) is 0 Å².